The molecule has 3 N–H and O–H groups in total. The molecule has 0 aliphatic carbocycles. The Morgan fingerprint density at radius 1 is 1.32 bits per heavy atom. The third-order valence-electron chi connectivity index (χ3n) is 2.51. The maximum atomic E-state index is 10.4. The van der Waals surface area contributed by atoms with E-state index in [2.05, 4.69) is 17.4 Å². The van der Waals surface area contributed by atoms with Gasteiger partial charge in [-0.2, -0.15) is 11.8 Å². The Bertz CT molecular complexity index is 388. The molecule has 1 heterocycles. The predicted octanol–water partition coefficient (Wildman–Crippen LogP) is 1.69. The summed E-state index contributed by atoms with van der Waals surface area (Å²) < 4.78 is 0. The van der Waals surface area contributed by atoms with Crippen molar-refractivity contribution >= 4 is 23.6 Å². The number of thioether (sulfide) groups is 1. The summed E-state index contributed by atoms with van der Waals surface area (Å²) in [6, 6.07) is 10.2. The number of rotatable bonds is 5. The van der Waals surface area contributed by atoms with E-state index in [1.807, 2.05) is 18.2 Å². The average Bonchev–Trinajstić information content (AvgIpc) is 2.88. The second-order valence-electron chi connectivity index (χ2n) is 4.21. The quantitative estimate of drug-likeness (QED) is 0.806. The summed E-state index contributed by atoms with van der Waals surface area (Å²) in [7, 11) is 0. The molecule has 1 aromatic carbocycles. The molecule has 0 atom stereocenters. The summed E-state index contributed by atoms with van der Waals surface area (Å²) in [5, 5.41) is 2.68. The predicted molar refractivity (Wildman–Crippen MR) is 78.7 cm³/mol. The van der Waals surface area contributed by atoms with Crippen molar-refractivity contribution in [1.82, 2.24) is 5.32 Å². The summed E-state index contributed by atoms with van der Waals surface area (Å²) in [6.45, 7) is 0.888. The highest BCUT2D eigenvalue weighted by Crippen LogP contribution is 2.11. The van der Waals surface area contributed by atoms with Crippen LogP contribution >= 0.6 is 11.8 Å². The van der Waals surface area contributed by atoms with Gasteiger partial charge in [0.25, 0.3) is 0 Å². The zero-order chi connectivity index (χ0) is 13.9. The van der Waals surface area contributed by atoms with Crippen LogP contribution in [0, 0.1) is 0 Å². The fourth-order valence-electron chi connectivity index (χ4n) is 1.50. The van der Waals surface area contributed by atoms with Crippen LogP contribution < -0.4 is 11.1 Å². The molecule has 104 valence electrons. The number of amides is 2. The first-order valence-corrected chi connectivity index (χ1v) is 7.50. The fourth-order valence-corrected chi connectivity index (χ4v) is 2.42. The van der Waals surface area contributed by atoms with Gasteiger partial charge in [-0.25, -0.2) is 0 Å². The Labute approximate surface area is 118 Å². The number of carbonyl (C=O) groups is 2. The van der Waals surface area contributed by atoms with E-state index < -0.39 is 0 Å². The smallest absolute Gasteiger partial charge is 0.220 e. The molecule has 4 nitrogen and oxygen atoms in total. The third-order valence-corrected chi connectivity index (χ3v) is 3.54. The summed E-state index contributed by atoms with van der Waals surface area (Å²) in [5.41, 5.74) is 6.31. The van der Waals surface area contributed by atoms with Crippen LogP contribution in [0.4, 0.5) is 0 Å². The minimum absolute atomic E-state index is 0.204. The minimum Gasteiger partial charge on any atom is -0.370 e. The first kappa shape index (κ1) is 15.6. The van der Waals surface area contributed by atoms with Gasteiger partial charge in [-0.15, -0.1) is 0 Å². The first-order valence-electron chi connectivity index (χ1n) is 6.35. The molecule has 1 aromatic rings. The number of hydrogen-bond donors (Lipinski definition) is 2. The lowest BCUT2D eigenvalue weighted by molar-refractivity contribution is -0.119. The number of benzene rings is 1. The Kier molecular flexibility index (Phi) is 7.74. The third kappa shape index (κ3) is 8.26. The molecule has 1 aliphatic rings. The lowest BCUT2D eigenvalue weighted by Gasteiger charge is -1.99. The number of hydrogen-bond acceptors (Lipinski definition) is 3. The number of carbonyl (C=O) groups excluding carboxylic acids is 2. The summed E-state index contributed by atoms with van der Waals surface area (Å²) in [4.78, 5) is 20.6. The van der Waals surface area contributed by atoms with E-state index >= 15 is 0 Å². The van der Waals surface area contributed by atoms with Crippen molar-refractivity contribution in [2.45, 2.75) is 25.0 Å². The number of primary amides is 1. The van der Waals surface area contributed by atoms with Crippen molar-refractivity contribution in [2.24, 2.45) is 5.73 Å². The van der Waals surface area contributed by atoms with Gasteiger partial charge in [-0.1, -0.05) is 30.3 Å². The lowest BCUT2D eigenvalue weighted by Crippen LogP contribution is -2.12. The van der Waals surface area contributed by atoms with Crippen LogP contribution in [0.15, 0.2) is 30.3 Å². The van der Waals surface area contributed by atoms with Crippen LogP contribution in [0.5, 0.6) is 0 Å². The highest BCUT2D eigenvalue weighted by molar-refractivity contribution is 7.98. The Hall–Kier alpha value is -1.49. The zero-order valence-electron chi connectivity index (χ0n) is 10.9. The standard InChI is InChI=1S/C10H13NOS.C4H7NO/c11-10(12)6-7-13-8-9-4-2-1-3-5-9;6-4-2-1-3-5-4/h1-5H,6-8H2,(H2,11,12);1-3H2,(H,5,6). The van der Waals surface area contributed by atoms with E-state index in [4.69, 9.17) is 5.73 Å². The normalized spacial score (nSPS) is 13.4. The molecule has 1 aliphatic heterocycles. The van der Waals surface area contributed by atoms with E-state index in [1.54, 1.807) is 11.8 Å². The van der Waals surface area contributed by atoms with Crippen molar-refractivity contribution in [3.8, 4) is 0 Å². The van der Waals surface area contributed by atoms with Crippen LogP contribution in [-0.2, 0) is 15.3 Å². The van der Waals surface area contributed by atoms with Crippen molar-refractivity contribution in [1.29, 1.82) is 0 Å². The van der Waals surface area contributed by atoms with Gasteiger partial charge in [0.05, 0.1) is 0 Å². The lowest BCUT2D eigenvalue weighted by atomic mass is 10.2. The van der Waals surface area contributed by atoms with Gasteiger partial charge >= 0.3 is 0 Å². The molecule has 0 spiro atoms. The Morgan fingerprint density at radius 3 is 2.53 bits per heavy atom. The van der Waals surface area contributed by atoms with E-state index in [9.17, 15) is 9.59 Å². The highest BCUT2D eigenvalue weighted by Gasteiger charge is 2.05. The van der Waals surface area contributed by atoms with Gasteiger partial charge in [0, 0.05) is 30.9 Å². The zero-order valence-corrected chi connectivity index (χ0v) is 11.7. The molecule has 2 amide bonds. The van der Waals surface area contributed by atoms with Gasteiger partial charge in [-0.3, -0.25) is 9.59 Å². The van der Waals surface area contributed by atoms with E-state index in [0.29, 0.717) is 6.42 Å². The van der Waals surface area contributed by atoms with Crippen LogP contribution in [0.1, 0.15) is 24.8 Å². The van der Waals surface area contributed by atoms with E-state index in [-0.39, 0.29) is 11.8 Å². The van der Waals surface area contributed by atoms with E-state index in [0.717, 1.165) is 30.9 Å². The molecule has 0 saturated carbocycles. The molecule has 2 rings (SSSR count). The van der Waals surface area contributed by atoms with Crippen LogP contribution in [0.25, 0.3) is 0 Å². The van der Waals surface area contributed by atoms with Gasteiger partial charge in [-0.05, 0) is 12.0 Å². The van der Waals surface area contributed by atoms with Gasteiger partial charge in [0.2, 0.25) is 11.8 Å². The van der Waals surface area contributed by atoms with Crippen molar-refractivity contribution < 1.29 is 9.59 Å². The largest absolute Gasteiger partial charge is 0.370 e. The Balaban J connectivity index is 0.000000250. The van der Waals surface area contributed by atoms with Crippen LogP contribution in [0.3, 0.4) is 0 Å². The van der Waals surface area contributed by atoms with Crippen molar-refractivity contribution in [3.63, 3.8) is 0 Å². The summed E-state index contributed by atoms with van der Waals surface area (Å²) in [6.07, 6.45) is 2.23. The fraction of sp³-hybridized carbons (Fsp3) is 0.429. The SMILES string of the molecule is NC(=O)CCSCc1ccccc1.O=C1CCCN1. The maximum absolute atomic E-state index is 10.4. The molecule has 1 fully saturated rings. The highest BCUT2D eigenvalue weighted by atomic mass is 32.2. The maximum Gasteiger partial charge on any atom is 0.220 e. The molecule has 0 aromatic heterocycles. The molecule has 0 unspecified atom stereocenters. The van der Waals surface area contributed by atoms with Gasteiger partial charge < -0.3 is 11.1 Å². The monoisotopic (exact) mass is 280 g/mol. The molecular formula is C14H20N2O2S. The molecule has 19 heavy (non-hydrogen) atoms. The second kappa shape index (κ2) is 9.44. The van der Waals surface area contributed by atoms with Crippen LogP contribution in [-0.4, -0.2) is 24.1 Å². The van der Waals surface area contributed by atoms with Crippen molar-refractivity contribution in [2.75, 3.05) is 12.3 Å². The first-order chi connectivity index (χ1) is 9.18. The summed E-state index contributed by atoms with van der Waals surface area (Å²) in [5.74, 6) is 1.74. The molecule has 5 heteroatoms. The van der Waals surface area contributed by atoms with Crippen molar-refractivity contribution in [3.05, 3.63) is 35.9 Å². The molecule has 0 bridgehead atoms. The molecule has 1 saturated heterocycles. The van der Waals surface area contributed by atoms with E-state index in [1.165, 1.54) is 5.56 Å². The van der Waals surface area contributed by atoms with Crippen LogP contribution in [0.2, 0.25) is 0 Å². The number of nitrogens with two attached hydrogens (primary N) is 1. The second-order valence-corrected chi connectivity index (χ2v) is 5.31. The molecular weight excluding hydrogens is 260 g/mol. The van der Waals surface area contributed by atoms with Gasteiger partial charge in [0.15, 0.2) is 0 Å². The number of nitrogens with one attached hydrogen (secondary N) is 1. The Morgan fingerprint density at radius 2 is 2.05 bits per heavy atom. The molecule has 0 radical (unpaired) electrons. The average molecular weight is 280 g/mol. The summed E-state index contributed by atoms with van der Waals surface area (Å²) >= 11 is 1.73. The minimum atomic E-state index is -0.222. The topological polar surface area (TPSA) is 72.2 Å². The van der Waals surface area contributed by atoms with Gasteiger partial charge in [0.1, 0.15) is 0 Å².